The van der Waals surface area contributed by atoms with E-state index in [9.17, 15) is 0 Å². The van der Waals surface area contributed by atoms with Gasteiger partial charge in [0, 0.05) is 24.8 Å². The van der Waals surface area contributed by atoms with E-state index in [4.69, 9.17) is 10.5 Å². The number of nitrogens with one attached hydrogen (secondary N) is 1. The fourth-order valence-corrected chi connectivity index (χ4v) is 2.18. The van der Waals surface area contributed by atoms with Crippen molar-refractivity contribution in [3.05, 3.63) is 59.7 Å². The van der Waals surface area contributed by atoms with E-state index >= 15 is 0 Å². The van der Waals surface area contributed by atoms with Crippen LogP contribution in [0.1, 0.15) is 31.9 Å². The monoisotopic (exact) mass is 298 g/mol. The molecule has 0 saturated heterocycles. The van der Waals surface area contributed by atoms with Crippen LogP contribution in [0.25, 0.3) is 0 Å². The Morgan fingerprint density at radius 1 is 1.05 bits per heavy atom. The van der Waals surface area contributed by atoms with Gasteiger partial charge in [0.2, 0.25) is 0 Å². The van der Waals surface area contributed by atoms with Crippen molar-refractivity contribution in [1.29, 1.82) is 0 Å². The van der Waals surface area contributed by atoms with Crippen molar-refractivity contribution in [2.75, 3.05) is 18.4 Å². The van der Waals surface area contributed by atoms with Gasteiger partial charge in [-0.15, -0.1) is 0 Å². The SMILES string of the molecule is CC(C)(C)c1ccc(COc2cccc(NCCN)c2)cc1. The molecule has 3 heteroatoms. The van der Waals surface area contributed by atoms with Crippen LogP contribution >= 0.6 is 0 Å². The van der Waals surface area contributed by atoms with Gasteiger partial charge in [0.25, 0.3) is 0 Å². The highest BCUT2D eigenvalue weighted by molar-refractivity contribution is 5.48. The predicted octanol–water partition coefficient (Wildman–Crippen LogP) is 3.93. The third-order valence-corrected chi connectivity index (χ3v) is 3.53. The molecule has 0 amide bonds. The highest BCUT2D eigenvalue weighted by Gasteiger charge is 2.12. The van der Waals surface area contributed by atoms with Crippen LogP contribution in [-0.4, -0.2) is 13.1 Å². The van der Waals surface area contributed by atoms with Gasteiger partial charge in [0.1, 0.15) is 12.4 Å². The average Bonchev–Trinajstić information content (AvgIpc) is 2.51. The summed E-state index contributed by atoms with van der Waals surface area (Å²) in [5, 5.41) is 3.25. The van der Waals surface area contributed by atoms with Crippen LogP contribution in [0, 0.1) is 0 Å². The summed E-state index contributed by atoms with van der Waals surface area (Å²) in [6, 6.07) is 16.6. The average molecular weight is 298 g/mol. The van der Waals surface area contributed by atoms with Gasteiger partial charge in [-0.25, -0.2) is 0 Å². The van der Waals surface area contributed by atoms with E-state index in [0.29, 0.717) is 13.2 Å². The van der Waals surface area contributed by atoms with Gasteiger partial charge in [-0.1, -0.05) is 51.1 Å². The second-order valence-electron chi connectivity index (χ2n) is 6.48. The molecule has 118 valence electrons. The Kier molecular flexibility index (Phi) is 5.45. The van der Waals surface area contributed by atoms with Crippen LogP contribution in [-0.2, 0) is 12.0 Å². The quantitative estimate of drug-likeness (QED) is 0.849. The summed E-state index contributed by atoms with van der Waals surface area (Å²) in [7, 11) is 0. The van der Waals surface area contributed by atoms with Crippen molar-refractivity contribution in [3.63, 3.8) is 0 Å². The van der Waals surface area contributed by atoms with Crippen LogP contribution in [0.3, 0.4) is 0 Å². The third kappa shape index (κ3) is 4.78. The Balaban J connectivity index is 1.95. The summed E-state index contributed by atoms with van der Waals surface area (Å²) in [6.45, 7) is 8.61. The van der Waals surface area contributed by atoms with Crippen molar-refractivity contribution in [2.45, 2.75) is 32.8 Å². The summed E-state index contributed by atoms with van der Waals surface area (Å²) < 4.78 is 5.87. The summed E-state index contributed by atoms with van der Waals surface area (Å²) in [5.41, 5.74) is 9.23. The number of rotatable bonds is 6. The van der Waals surface area contributed by atoms with Crippen LogP contribution in [0.4, 0.5) is 5.69 Å². The minimum absolute atomic E-state index is 0.183. The lowest BCUT2D eigenvalue weighted by atomic mass is 9.87. The number of benzene rings is 2. The highest BCUT2D eigenvalue weighted by atomic mass is 16.5. The molecule has 0 bridgehead atoms. The number of ether oxygens (including phenoxy) is 1. The van der Waals surface area contributed by atoms with E-state index < -0.39 is 0 Å². The van der Waals surface area contributed by atoms with Crippen molar-refractivity contribution in [2.24, 2.45) is 5.73 Å². The Morgan fingerprint density at radius 2 is 1.77 bits per heavy atom. The molecule has 0 unspecified atom stereocenters. The highest BCUT2D eigenvalue weighted by Crippen LogP contribution is 2.23. The summed E-state index contributed by atoms with van der Waals surface area (Å²) in [4.78, 5) is 0. The lowest BCUT2D eigenvalue weighted by Gasteiger charge is -2.19. The van der Waals surface area contributed by atoms with E-state index in [2.05, 4.69) is 50.4 Å². The zero-order chi connectivity index (χ0) is 16.0. The van der Waals surface area contributed by atoms with Crippen LogP contribution in [0.2, 0.25) is 0 Å². The van der Waals surface area contributed by atoms with E-state index in [1.807, 2.05) is 24.3 Å². The van der Waals surface area contributed by atoms with Gasteiger partial charge in [-0.05, 0) is 28.7 Å². The van der Waals surface area contributed by atoms with Crippen molar-refractivity contribution in [3.8, 4) is 5.75 Å². The Morgan fingerprint density at radius 3 is 2.41 bits per heavy atom. The lowest BCUT2D eigenvalue weighted by molar-refractivity contribution is 0.306. The molecular weight excluding hydrogens is 272 g/mol. The first-order valence-electron chi connectivity index (χ1n) is 7.75. The molecule has 0 heterocycles. The molecule has 3 nitrogen and oxygen atoms in total. The molecule has 0 spiro atoms. The molecule has 0 aliphatic rings. The van der Waals surface area contributed by atoms with Crippen LogP contribution < -0.4 is 15.8 Å². The first-order chi connectivity index (χ1) is 10.5. The Bertz CT molecular complexity index is 585. The molecule has 0 aliphatic heterocycles. The number of nitrogens with two attached hydrogens (primary N) is 1. The minimum atomic E-state index is 0.183. The van der Waals surface area contributed by atoms with E-state index in [1.165, 1.54) is 11.1 Å². The van der Waals surface area contributed by atoms with E-state index in [-0.39, 0.29) is 5.41 Å². The summed E-state index contributed by atoms with van der Waals surface area (Å²) in [6.07, 6.45) is 0. The third-order valence-electron chi connectivity index (χ3n) is 3.53. The smallest absolute Gasteiger partial charge is 0.121 e. The molecule has 22 heavy (non-hydrogen) atoms. The molecule has 0 saturated carbocycles. The van der Waals surface area contributed by atoms with Crippen LogP contribution in [0.5, 0.6) is 5.75 Å². The molecule has 2 rings (SSSR count). The topological polar surface area (TPSA) is 47.3 Å². The molecule has 2 aromatic rings. The number of anilines is 1. The van der Waals surface area contributed by atoms with Gasteiger partial charge in [-0.3, -0.25) is 0 Å². The minimum Gasteiger partial charge on any atom is -0.489 e. The fourth-order valence-electron chi connectivity index (χ4n) is 2.18. The zero-order valence-corrected chi connectivity index (χ0v) is 13.7. The van der Waals surface area contributed by atoms with Crippen LogP contribution in [0.15, 0.2) is 48.5 Å². The maximum atomic E-state index is 5.87. The van der Waals surface area contributed by atoms with Crippen molar-refractivity contribution in [1.82, 2.24) is 0 Å². The number of hydrogen-bond acceptors (Lipinski definition) is 3. The maximum Gasteiger partial charge on any atom is 0.121 e. The van der Waals surface area contributed by atoms with Gasteiger partial charge in [0.05, 0.1) is 0 Å². The van der Waals surface area contributed by atoms with Gasteiger partial charge < -0.3 is 15.8 Å². The summed E-state index contributed by atoms with van der Waals surface area (Å²) in [5.74, 6) is 0.863. The molecule has 0 aromatic heterocycles. The predicted molar refractivity (Wildman–Crippen MR) is 93.5 cm³/mol. The first kappa shape index (κ1) is 16.4. The molecule has 0 aliphatic carbocycles. The Hall–Kier alpha value is -2.00. The normalized spacial score (nSPS) is 11.3. The van der Waals surface area contributed by atoms with Gasteiger partial charge in [0.15, 0.2) is 0 Å². The summed E-state index contributed by atoms with van der Waals surface area (Å²) >= 11 is 0. The molecule has 0 fully saturated rings. The molecule has 0 radical (unpaired) electrons. The largest absolute Gasteiger partial charge is 0.489 e. The zero-order valence-electron chi connectivity index (χ0n) is 13.7. The molecular formula is C19H26N2O. The first-order valence-corrected chi connectivity index (χ1v) is 7.75. The molecule has 2 aromatic carbocycles. The maximum absolute atomic E-state index is 5.87. The van der Waals surface area contributed by atoms with Crippen molar-refractivity contribution < 1.29 is 4.74 Å². The van der Waals surface area contributed by atoms with E-state index in [1.54, 1.807) is 0 Å². The second kappa shape index (κ2) is 7.32. The van der Waals surface area contributed by atoms with E-state index in [0.717, 1.165) is 18.0 Å². The van der Waals surface area contributed by atoms with Gasteiger partial charge in [-0.2, -0.15) is 0 Å². The van der Waals surface area contributed by atoms with Crippen molar-refractivity contribution >= 4 is 5.69 Å². The fraction of sp³-hybridized carbons (Fsp3) is 0.368. The Labute approximate surface area is 133 Å². The number of hydrogen-bond donors (Lipinski definition) is 2. The van der Waals surface area contributed by atoms with Gasteiger partial charge >= 0.3 is 0 Å². The standard InChI is InChI=1S/C19H26N2O/c1-19(2,3)16-9-7-15(8-10-16)14-22-18-6-4-5-17(13-18)21-12-11-20/h4-10,13,21H,11-12,14,20H2,1-3H3. The molecule has 0 atom stereocenters. The lowest BCUT2D eigenvalue weighted by Crippen LogP contribution is -2.13. The second-order valence-corrected chi connectivity index (χ2v) is 6.48. The molecule has 3 N–H and O–H groups in total.